The molecule has 0 bridgehead atoms. The summed E-state index contributed by atoms with van der Waals surface area (Å²) in [6.07, 6.45) is 0.822. The summed E-state index contributed by atoms with van der Waals surface area (Å²) in [6.45, 7) is 2.60. The highest BCUT2D eigenvalue weighted by atomic mass is 35.5. The van der Waals surface area contributed by atoms with Gasteiger partial charge in [-0.1, -0.05) is 60.1 Å². The van der Waals surface area contributed by atoms with E-state index in [0.717, 1.165) is 12.0 Å². The van der Waals surface area contributed by atoms with Crippen LogP contribution in [-0.4, -0.2) is 23.5 Å². The molecule has 0 aliphatic rings. The highest BCUT2D eigenvalue weighted by molar-refractivity contribution is 7.09. The number of benzene rings is 2. The molecule has 0 saturated carbocycles. The fourth-order valence-corrected chi connectivity index (χ4v) is 3.90. The van der Waals surface area contributed by atoms with Crippen molar-refractivity contribution in [1.29, 1.82) is 0 Å². The van der Waals surface area contributed by atoms with Crippen LogP contribution in [0.15, 0.2) is 72.1 Å². The van der Waals surface area contributed by atoms with E-state index in [9.17, 15) is 4.79 Å². The summed E-state index contributed by atoms with van der Waals surface area (Å²) in [5, 5.41) is 2.57. The number of thiophene rings is 1. The van der Waals surface area contributed by atoms with Crippen molar-refractivity contribution in [2.24, 2.45) is 0 Å². The van der Waals surface area contributed by atoms with Gasteiger partial charge in [-0.05, 0) is 36.1 Å². The number of rotatable bonds is 8. The quantitative estimate of drug-likeness (QED) is 0.504. The van der Waals surface area contributed by atoms with E-state index >= 15 is 0 Å². The summed E-state index contributed by atoms with van der Waals surface area (Å²) in [5.74, 6) is 0.473. The van der Waals surface area contributed by atoms with Crippen LogP contribution >= 0.6 is 22.9 Å². The van der Waals surface area contributed by atoms with Gasteiger partial charge in [-0.3, -0.25) is 4.79 Å². The van der Waals surface area contributed by atoms with Gasteiger partial charge in [-0.15, -0.1) is 11.3 Å². The molecule has 0 spiro atoms. The van der Waals surface area contributed by atoms with Gasteiger partial charge in [0.15, 0.2) is 6.61 Å². The summed E-state index contributed by atoms with van der Waals surface area (Å²) in [5.41, 5.74) is 1.10. The summed E-state index contributed by atoms with van der Waals surface area (Å²) in [6, 6.07) is 21.4. The van der Waals surface area contributed by atoms with Crippen molar-refractivity contribution in [1.82, 2.24) is 4.90 Å². The minimum absolute atomic E-state index is 0.0364. The number of halogens is 1. The van der Waals surface area contributed by atoms with E-state index in [4.69, 9.17) is 16.3 Å². The van der Waals surface area contributed by atoms with Crippen LogP contribution < -0.4 is 4.74 Å². The third-order valence-electron chi connectivity index (χ3n) is 4.31. The van der Waals surface area contributed by atoms with Crippen molar-refractivity contribution in [2.45, 2.75) is 25.9 Å². The second kappa shape index (κ2) is 9.58. The number of ether oxygens (including phenoxy) is 1. The molecule has 3 nitrogen and oxygen atoms in total. The smallest absolute Gasteiger partial charge is 0.261 e. The molecule has 0 N–H and O–H groups in total. The maximum absolute atomic E-state index is 13.0. The van der Waals surface area contributed by atoms with E-state index in [2.05, 4.69) is 18.4 Å². The Labute approximate surface area is 169 Å². The minimum Gasteiger partial charge on any atom is -0.482 e. The van der Waals surface area contributed by atoms with Gasteiger partial charge in [0.05, 0.1) is 5.02 Å². The number of carbonyl (C=O) groups is 1. The molecule has 1 amide bonds. The maximum Gasteiger partial charge on any atom is 0.261 e. The Balaban J connectivity index is 1.71. The standard InChI is InChI=1S/C22H22ClNO2S/c1-17(14-19-10-7-13-27-19)24(15-18-8-3-2-4-9-18)22(25)16-26-21-12-6-5-11-20(21)23/h2-13,17H,14-16H2,1H3. The number of carbonyl (C=O) groups excluding carboxylic acids is 1. The molecule has 2 aromatic carbocycles. The number of nitrogens with zero attached hydrogens (tertiary/aromatic N) is 1. The number of para-hydroxylation sites is 1. The van der Waals surface area contributed by atoms with Gasteiger partial charge in [0.25, 0.3) is 5.91 Å². The molecule has 1 atom stereocenters. The van der Waals surface area contributed by atoms with Crippen LogP contribution in [0.5, 0.6) is 5.75 Å². The second-order valence-electron chi connectivity index (χ2n) is 6.36. The monoisotopic (exact) mass is 399 g/mol. The van der Waals surface area contributed by atoms with Crippen LogP contribution in [-0.2, 0) is 17.8 Å². The highest BCUT2D eigenvalue weighted by Crippen LogP contribution is 2.23. The van der Waals surface area contributed by atoms with Crippen molar-refractivity contribution in [3.8, 4) is 5.75 Å². The van der Waals surface area contributed by atoms with Gasteiger partial charge in [0.1, 0.15) is 5.75 Å². The first-order valence-corrected chi connectivity index (χ1v) is 10.1. The molecular formula is C22H22ClNO2S. The zero-order chi connectivity index (χ0) is 19.1. The van der Waals surface area contributed by atoms with Crippen LogP contribution in [0.1, 0.15) is 17.4 Å². The third kappa shape index (κ3) is 5.59. The topological polar surface area (TPSA) is 29.5 Å². The number of amides is 1. The van der Waals surface area contributed by atoms with Crippen molar-refractivity contribution in [2.75, 3.05) is 6.61 Å². The molecule has 5 heteroatoms. The number of hydrogen-bond acceptors (Lipinski definition) is 3. The molecule has 0 saturated heterocycles. The molecule has 1 aromatic heterocycles. The molecular weight excluding hydrogens is 378 g/mol. The summed E-state index contributed by atoms with van der Waals surface area (Å²) >= 11 is 7.84. The van der Waals surface area contributed by atoms with E-state index in [-0.39, 0.29) is 18.6 Å². The van der Waals surface area contributed by atoms with Gasteiger partial charge in [-0.25, -0.2) is 0 Å². The van der Waals surface area contributed by atoms with Gasteiger partial charge >= 0.3 is 0 Å². The van der Waals surface area contributed by atoms with E-state index in [1.807, 2.05) is 53.4 Å². The highest BCUT2D eigenvalue weighted by Gasteiger charge is 2.22. The lowest BCUT2D eigenvalue weighted by Crippen LogP contribution is -2.41. The minimum atomic E-state index is -0.0529. The Hall–Kier alpha value is -2.30. The van der Waals surface area contributed by atoms with Crippen molar-refractivity contribution in [3.63, 3.8) is 0 Å². The van der Waals surface area contributed by atoms with Crippen LogP contribution in [0.2, 0.25) is 5.02 Å². The molecule has 1 unspecified atom stereocenters. The first-order chi connectivity index (χ1) is 13.1. The fourth-order valence-electron chi connectivity index (χ4n) is 2.88. The lowest BCUT2D eigenvalue weighted by Gasteiger charge is -2.29. The summed E-state index contributed by atoms with van der Waals surface area (Å²) < 4.78 is 5.68. The van der Waals surface area contributed by atoms with Crippen molar-refractivity contribution < 1.29 is 9.53 Å². The lowest BCUT2D eigenvalue weighted by molar-refractivity contribution is -0.136. The predicted molar refractivity (Wildman–Crippen MR) is 111 cm³/mol. The summed E-state index contributed by atoms with van der Waals surface area (Å²) in [7, 11) is 0. The molecule has 3 aromatic rings. The molecule has 1 heterocycles. The Morgan fingerprint density at radius 3 is 2.52 bits per heavy atom. The molecule has 3 rings (SSSR count). The largest absolute Gasteiger partial charge is 0.482 e. The average molecular weight is 400 g/mol. The molecule has 140 valence electrons. The van der Waals surface area contributed by atoms with Crippen molar-refractivity contribution in [3.05, 3.63) is 87.6 Å². The first-order valence-electron chi connectivity index (χ1n) is 8.86. The van der Waals surface area contributed by atoms with Crippen LogP contribution in [0, 0.1) is 0 Å². The van der Waals surface area contributed by atoms with Gasteiger partial charge in [-0.2, -0.15) is 0 Å². The molecule has 0 aliphatic heterocycles. The van der Waals surface area contributed by atoms with Crippen LogP contribution in [0.4, 0.5) is 0 Å². The average Bonchev–Trinajstić information content (AvgIpc) is 3.19. The Bertz CT molecular complexity index is 852. The zero-order valence-electron chi connectivity index (χ0n) is 15.2. The van der Waals surface area contributed by atoms with Gasteiger partial charge in [0.2, 0.25) is 0 Å². The van der Waals surface area contributed by atoms with Crippen LogP contribution in [0.25, 0.3) is 0 Å². The molecule has 0 radical (unpaired) electrons. The zero-order valence-corrected chi connectivity index (χ0v) is 16.7. The lowest BCUT2D eigenvalue weighted by atomic mass is 10.1. The van der Waals surface area contributed by atoms with E-state index in [0.29, 0.717) is 17.3 Å². The molecule has 0 fully saturated rings. The maximum atomic E-state index is 13.0. The fraction of sp³-hybridized carbons (Fsp3) is 0.227. The Kier molecular flexibility index (Phi) is 6.91. The first kappa shape index (κ1) is 19.5. The second-order valence-corrected chi connectivity index (χ2v) is 7.80. The summed E-state index contributed by atoms with van der Waals surface area (Å²) in [4.78, 5) is 16.1. The predicted octanol–water partition coefficient (Wildman–Crippen LogP) is 5.44. The van der Waals surface area contributed by atoms with Crippen molar-refractivity contribution >= 4 is 28.8 Å². The molecule has 27 heavy (non-hydrogen) atoms. The normalized spacial score (nSPS) is 11.8. The van der Waals surface area contributed by atoms with E-state index in [1.165, 1.54) is 4.88 Å². The van der Waals surface area contributed by atoms with Gasteiger partial charge in [0, 0.05) is 23.9 Å². The third-order valence-corrected chi connectivity index (χ3v) is 5.52. The van der Waals surface area contributed by atoms with E-state index in [1.54, 1.807) is 23.5 Å². The van der Waals surface area contributed by atoms with Gasteiger partial charge < -0.3 is 9.64 Å². The molecule has 0 aliphatic carbocycles. The Morgan fingerprint density at radius 2 is 1.81 bits per heavy atom. The van der Waals surface area contributed by atoms with Crippen LogP contribution in [0.3, 0.4) is 0 Å². The van der Waals surface area contributed by atoms with E-state index < -0.39 is 0 Å². The number of hydrogen-bond donors (Lipinski definition) is 0. The SMILES string of the molecule is CC(Cc1cccs1)N(Cc1ccccc1)C(=O)COc1ccccc1Cl. The Morgan fingerprint density at radius 1 is 1.07 bits per heavy atom.